The van der Waals surface area contributed by atoms with Gasteiger partial charge >= 0.3 is 15.6 Å². The molecule has 2 unspecified atom stereocenters. The lowest BCUT2D eigenvalue weighted by Crippen LogP contribution is -2.39. The summed E-state index contributed by atoms with van der Waals surface area (Å²) in [6.45, 7) is 0. The van der Waals surface area contributed by atoms with Crippen molar-refractivity contribution < 1.29 is 26.1 Å². The molecule has 0 amide bonds. The summed E-state index contributed by atoms with van der Waals surface area (Å²) in [5.74, 6) is 1.60. The van der Waals surface area contributed by atoms with E-state index in [0.717, 1.165) is 16.9 Å². The van der Waals surface area contributed by atoms with Crippen molar-refractivity contribution >= 4 is 44.4 Å². The second kappa shape index (κ2) is 7.64. The number of rotatable bonds is 1. The van der Waals surface area contributed by atoms with Crippen LogP contribution < -0.4 is 0 Å². The van der Waals surface area contributed by atoms with Gasteiger partial charge in [0.05, 0.1) is 15.6 Å². The molecule has 156 valence electrons. The van der Waals surface area contributed by atoms with Crippen LogP contribution in [0.4, 0.5) is 13.2 Å². The van der Waals surface area contributed by atoms with Crippen molar-refractivity contribution in [1.29, 1.82) is 0 Å². The molecule has 0 saturated carbocycles. The van der Waals surface area contributed by atoms with Gasteiger partial charge in [-0.25, -0.2) is 4.98 Å². The van der Waals surface area contributed by atoms with Crippen molar-refractivity contribution in [3.05, 3.63) is 28.0 Å². The van der Waals surface area contributed by atoms with Crippen molar-refractivity contribution in [3.8, 4) is 0 Å². The Morgan fingerprint density at radius 1 is 1.21 bits per heavy atom. The molecule has 2 aromatic rings. The Kier molecular flexibility index (Phi) is 5.90. The first-order valence-corrected chi connectivity index (χ1v) is 10.7. The smallest absolute Gasteiger partial charge is 0.342 e. The Morgan fingerprint density at radius 2 is 1.75 bits per heavy atom. The van der Waals surface area contributed by atoms with Gasteiger partial charge in [0.25, 0.3) is 0 Å². The van der Waals surface area contributed by atoms with Crippen molar-refractivity contribution in [2.45, 2.75) is 49.2 Å². The van der Waals surface area contributed by atoms with E-state index >= 15 is 0 Å². The van der Waals surface area contributed by atoms with Crippen LogP contribution in [0.2, 0.25) is 10.0 Å². The van der Waals surface area contributed by atoms with Crippen molar-refractivity contribution in [2.75, 3.05) is 7.05 Å². The van der Waals surface area contributed by atoms with Gasteiger partial charge in [0.2, 0.25) is 0 Å². The first kappa shape index (κ1) is 21.6. The molecule has 28 heavy (non-hydrogen) atoms. The molecular weight excluding hydrogens is 442 g/mol. The van der Waals surface area contributed by atoms with Crippen LogP contribution in [-0.2, 0) is 10.1 Å². The maximum atomic E-state index is 10.7. The van der Waals surface area contributed by atoms with Crippen LogP contribution in [0.15, 0.2) is 12.1 Å². The second-order valence-electron chi connectivity index (χ2n) is 7.02. The van der Waals surface area contributed by atoms with Crippen LogP contribution in [0.1, 0.15) is 37.4 Å². The molecule has 2 saturated heterocycles. The van der Waals surface area contributed by atoms with Gasteiger partial charge in [-0.1, -0.05) is 23.2 Å². The zero-order chi connectivity index (χ0) is 20.9. The van der Waals surface area contributed by atoms with Crippen LogP contribution in [-0.4, -0.2) is 52.5 Å². The second-order valence-corrected chi connectivity index (χ2v) is 9.22. The van der Waals surface area contributed by atoms with E-state index in [1.165, 1.54) is 25.7 Å². The first-order chi connectivity index (χ1) is 12.9. The Hall–Kier alpha value is -1.07. The highest BCUT2D eigenvalue weighted by Gasteiger charge is 2.44. The van der Waals surface area contributed by atoms with Gasteiger partial charge in [0, 0.05) is 18.0 Å². The Labute approximate surface area is 169 Å². The fourth-order valence-electron chi connectivity index (χ4n) is 3.86. The molecule has 12 heteroatoms. The number of nitrogens with one attached hydrogen (secondary N) is 1. The van der Waals surface area contributed by atoms with Gasteiger partial charge in [0.15, 0.2) is 0 Å². The molecule has 0 radical (unpaired) electrons. The molecule has 2 N–H and O–H groups in total. The van der Waals surface area contributed by atoms with Crippen LogP contribution in [0.5, 0.6) is 0 Å². The lowest BCUT2D eigenvalue weighted by molar-refractivity contribution is -0.0510. The van der Waals surface area contributed by atoms with Gasteiger partial charge < -0.3 is 9.88 Å². The Bertz CT molecular complexity index is 967. The maximum Gasteiger partial charge on any atom is 0.522 e. The molecule has 1 aromatic carbocycles. The highest BCUT2D eigenvalue weighted by molar-refractivity contribution is 7.86. The largest absolute Gasteiger partial charge is 0.522 e. The topological polar surface area (TPSA) is 86.3 Å². The fraction of sp³-hybridized carbons (Fsp3) is 0.562. The number of piperidine rings is 1. The van der Waals surface area contributed by atoms with Crippen molar-refractivity contribution in [2.24, 2.45) is 0 Å². The van der Waals surface area contributed by atoms with Crippen molar-refractivity contribution in [1.82, 2.24) is 14.9 Å². The number of aromatic nitrogens is 2. The number of aromatic amines is 1. The summed E-state index contributed by atoms with van der Waals surface area (Å²) in [5.41, 5.74) is -3.74. The van der Waals surface area contributed by atoms with E-state index in [1.807, 2.05) is 12.1 Å². The number of benzene rings is 1. The summed E-state index contributed by atoms with van der Waals surface area (Å²) in [6.07, 6.45) is 5.03. The third kappa shape index (κ3) is 4.25. The van der Waals surface area contributed by atoms with Crippen LogP contribution in [0.25, 0.3) is 11.0 Å². The fourth-order valence-corrected chi connectivity index (χ4v) is 4.22. The zero-order valence-electron chi connectivity index (χ0n) is 14.7. The minimum absolute atomic E-state index is 0.519. The van der Waals surface area contributed by atoms with E-state index in [1.54, 1.807) is 0 Å². The average Bonchev–Trinajstić information content (AvgIpc) is 3.07. The highest BCUT2D eigenvalue weighted by Crippen LogP contribution is 2.42. The minimum Gasteiger partial charge on any atom is -0.342 e. The normalized spacial score (nSPS) is 25.6. The van der Waals surface area contributed by atoms with E-state index in [0.29, 0.717) is 28.0 Å². The molecule has 3 heterocycles. The Morgan fingerprint density at radius 3 is 2.25 bits per heavy atom. The number of hydrogen-bond acceptors (Lipinski definition) is 4. The lowest BCUT2D eigenvalue weighted by Gasteiger charge is -2.35. The van der Waals surface area contributed by atoms with E-state index in [-0.39, 0.29) is 0 Å². The van der Waals surface area contributed by atoms with E-state index in [4.69, 9.17) is 41.2 Å². The SMILES string of the molecule is CN1C2CCC1CC(c1nc3c(Cl)c(Cl)ccc3[nH]1)C2.O=S(=O)(O)C(F)(F)F. The van der Waals surface area contributed by atoms with Crippen LogP contribution in [0, 0.1) is 0 Å². The number of halogens is 5. The number of alkyl halides is 3. The monoisotopic (exact) mass is 459 g/mol. The minimum atomic E-state index is -5.84. The predicted molar refractivity (Wildman–Crippen MR) is 100 cm³/mol. The summed E-state index contributed by atoms with van der Waals surface area (Å²) in [6, 6.07) is 5.22. The lowest BCUT2D eigenvalue weighted by atomic mass is 9.90. The first-order valence-electron chi connectivity index (χ1n) is 8.47. The summed E-state index contributed by atoms with van der Waals surface area (Å²) >= 11 is 12.3. The average molecular weight is 460 g/mol. The third-order valence-corrected chi connectivity index (χ3v) is 6.72. The molecule has 1 aromatic heterocycles. The van der Waals surface area contributed by atoms with Gasteiger partial charge in [-0.2, -0.15) is 21.6 Å². The summed E-state index contributed by atoms with van der Waals surface area (Å²) in [5, 5.41) is 1.13. The molecule has 2 aliphatic heterocycles. The van der Waals surface area contributed by atoms with Crippen LogP contribution >= 0.6 is 23.2 Å². The number of fused-ring (bicyclic) bond motifs is 3. The van der Waals surface area contributed by atoms with Gasteiger partial charge in [-0.3, -0.25) is 4.55 Å². The summed E-state index contributed by atoms with van der Waals surface area (Å²) in [7, 11) is -3.58. The molecule has 0 aliphatic carbocycles. The van der Waals surface area contributed by atoms with Crippen LogP contribution in [0.3, 0.4) is 0 Å². The molecule has 2 fully saturated rings. The summed E-state index contributed by atoms with van der Waals surface area (Å²) in [4.78, 5) is 10.7. The predicted octanol–water partition coefficient (Wildman–Crippen LogP) is 4.60. The van der Waals surface area contributed by atoms with Gasteiger partial charge in [-0.15, -0.1) is 0 Å². The van der Waals surface area contributed by atoms with Gasteiger partial charge in [-0.05, 0) is 44.9 Å². The molecule has 0 spiro atoms. The number of hydrogen-bond donors (Lipinski definition) is 2. The molecule has 2 bridgehead atoms. The Balaban J connectivity index is 0.000000242. The number of H-pyrrole nitrogens is 1. The zero-order valence-corrected chi connectivity index (χ0v) is 17.0. The van der Waals surface area contributed by atoms with E-state index in [9.17, 15) is 13.2 Å². The third-order valence-electron chi connectivity index (χ3n) is 5.34. The quantitative estimate of drug-likeness (QED) is 0.480. The van der Waals surface area contributed by atoms with E-state index in [2.05, 4.69) is 16.9 Å². The summed E-state index contributed by atoms with van der Waals surface area (Å²) < 4.78 is 57.5. The number of nitrogens with zero attached hydrogens (tertiary/aromatic N) is 2. The molecule has 6 nitrogen and oxygen atoms in total. The number of imidazole rings is 1. The van der Waals surface area contributed by atoms with Crippen molar-refractivity contribution in [3.63, 3.8) is 0 Å². The van der Waals surface area contributed by atoms with Gasteiger partial charge in [0.1, 0.15) is 11.3 Å². The highest BCUT2D eigenvalue weighted by atomic mass is 35.5. The molecule has 4 rings (SSSR count). The molecule has 2 aliphatic rings. The molecular formula is C16H18Cl2F3N3O3S. The standard InChI is InChI=1S/C15H17Cl2N3.CHF3O3S/c1-20-9-2-3-10(20)7-8(6-9)15-18-12-5-4-11(16)13(17)14(12)19-15;2-1(3,4)8(5,6)7/h4-5,8-10H,2-3,6-7H2,1H3,(H,18,19);(H,5,6,7). The maximum absolute atomic E-state index is 10.7. The molecule has 2 atom stereocenters. The van der Waals surface area contributed by atoms with E-state index < -0.39 is 15.6 Å².